The topological polar surface area (TPSA) is 6.48 Å². The van der Waals surface area contributed by atoms with E-state index in [4.69, 9.17) is 0 Å². The fourth-order valence-corrected chi connectivity index (χ4v) is 5.22. The molecule has 2 rings (SSSR count). The Bertz CT molecular complexity index is 391. The molecule has 4 unspecified atom stereocenters. The van der Waals surface area contributed by atoms with Crippen molar-refractivity contribution < 1.29 is 0 Å². The summed E-state index contributed by atoms with van der Waals surface area (Å²) in [6, 6.07) is 1.50. The van der Waals surface area contributed by atoms with Gasteiger partial charge in [-0.25, -0.2) is 0 Å². The maximum atomic E-state index is 2.69. The Labute approximate surface area is 178 Å². The smallest absolute Gasteiger partial charge is 0.0152 e. The van der Waals surface area contributed by atoms with E-state index in [2.05, 4.69) is 107 Å². The molecule has 0 N–H and O–H groups in total. The summed E-state index contributed by atoms with van der Waals surface area (Å²) in [6.45, 7) is 35.5. The monoisotopic (exact) mass is 394 g/mol. The lowest BCUT2D eigenvalue weighted by Gasteiger charge is -2.43. The second-order valence-electron chi connectivity index (χ2n) is 14.1. The lowest BCUT2D eigenvalue weighted by atomic mass is 9.83. The number of hydrogen-bond donors (Lipinski definition) is 0. The normalized spacial score (nSPS) is 31.1. The second kappa shape index (κ2) is 8.58. The van der Waals surface area contributed by atoms with E-state index in [0.717, 1.165) is 23.9 Å². The quantitative estimate of drug-likeness (QED) is 0.433. The van der Waals surface area contributed by atoms with E-state index in [1.165, 1.54) is 25.9 Å². The first-order valence-corrected chi connectivity index (χ1v) is 11.8. The summed E-state index contributed by atoms with van der Waals surface area (Å²) in [5.41, 5.74) is 1.47. The average Bonchev–Trinajstić information content (AvgIpc) is 3.00. The summed E-state index contributed by atoms with van der Waals surface area (Å²) < 4.78 is 0. The molecule has 0 spiro atoms. The van der Waals surface area contributed by atoms with Gasteiger partial charge in [0.1, 0.15) is 0 Å². The largest absolute Gasteiger partial charge is 0.295 e. The Kier molecular flexibility index (Phi) is 7.95. The Morgan fingerprint density at radius 2 is 0.750 bits per heavy atom. The second-order valence-corrected chi connectivity index (χ2v) is 14.1. The molecule has 0 radical (unpaired) electrons. The minimum Gasteiger partial charge on any atom is -0.295 e. The lowest BCUT2D eigenvalue weighted by Crippen LogP contribution is -2.49. The van der Waals surface area contributed by atoms with Gasteiger partial charge in [-0.2, -0.15) is 0 Å². The molecule has 0 aromatic rings. The van der Waals surface area contributed by atoms with Crippen LogP contribution in [0.5, 0.6) is 0 Å². The molecule has 2 heteroatoms. The highest BCUT2D eigenvalue weighted by Gasteiger charge is 2.43. The van der Waals surface area contributed by atoms with Gasteiger partial charge in [0, 0.05) is 36.3 Å². The first-order valence-electron chi connectivity index (χ1n) is 11.8. The van der Waals surface area contributed by atoms with Crippen molar-refractivity contribution >= 4 is 0 Å². The molecule has 2 heterocycles. The maximum Gasteiger partial charge on any atom is 0.0152 e. The van der Waals surface area contributed by atoms with Gasteiger partial charge in [0.25, 0.3) is 0 Å². The van der Waals surface area contributed by atoms with Crippen LogP contribution in [-0.4, -0.2) is 46.1 Å². The molecule has 0 amide bonds. The highest BCUT2D eigenvalue weighted by atomic mass is 15.2. The van der Waals surface area contributed by atoms with Crippen molar-refractivity contribution in [3.63, 3.8) is 0 Å². The summed E-state index contributed by atoms with van der Waals surface area (Å²) in [7, 11) is 0. The van der Waals surface area contributed by atoms with Crippen LogP contribution in [0.15, 0.2) is 0 Å². The Morgan fingerprint density at radius 1 is 0.500 bits per heavy atom. The predicted octanol–water partition coefficient (Wildman–Crippen LogP) is 7.08. The van der Waals surface area contributed by atoms with Crippen LogP contribution in [0.2, 0.25) is 0 Å². The Morgan fingerprint density at radius 3 is 0.893 bits per heavy atom. The van der Waals surface area contributed by atoms with Gasteiger partial charge in [-0.05, 0) is 77.0 Å². The molecule has 0 bridgehead atoms. The molecule has 0 saturated carbocycles. The minimum atomic E-state index is 0.322. The van der Waals surface area contributed by atoms with Crippen LogP contribution in [0, 0.1) is 22.7 Å². The molecule has 168 valence electrons. The van der Waals surface area contributed by atoms with Gasteiger partial charge in [-0.1, -0.05) is 55.4 Å². The molecule has 2 saturated heterocycles. The SMILES string of the molecule is CC1CC(C(C)(C)C)N(C(C)(C)C)C1.CC1CC(C(C)(C)C)N(C(C)(C)C)C1. The summed E-state index contributed by atoms with van der Waals surface area (Å²) >= 11 is 0. The zero-order chi connectivity index (χ0) is 22.3. The minimum absolute atomic E-state index is 0.322. The first kappa shape index (κ1) is 26.0. The highest BCUT2D eigenvalue weighted by Crippen LogP contribution is 2.40. The van der Waals surface area contributed by atoms with E-state index in [9.17, 15) is 0 Å². The lowest BCUT2D eigenvalue weighted by molar-refractivity contribution is 0.0576. The van der Waals surface area contributed by atoms with E-state index in [1.807, 2.05) is 0 Å². The summed E-state index contributed by atoms with van der Waals surface area (Å²) in [6.07, 6.45) is 2.72. The summed E-state index contributed by atoms with van der Waals surface area (Å²) in [4.78, 5) is 5.38. The van der Waals surface area contributed by atoms with Crippen LogP contribution in [-0.2, 0) is 0 Å². The fraction of sp³-hybridized carbons (Fsp3) is 1.00. The third kappa shape index (κ3) is 7.01. The highest BCUT2D eigenvalue weighted by molar-refractivity contribution is 4.97. The van der Waals surface area contributed by atoms with Gasteiger partial charge in [0.15, 0.2) is 0 Å². The van der Waals surface area contributed by atoms with Crippen LogP contribution in [0.4, 0.5) is 0 Å². The molecule has 0 aromatic carbocycles. The standard InChI is InChI=1S/2C13H27N/c2*1-10-8-11(12(2,3)4)14(9-10)13(5,6)7/h2*10-11H,8-9H2,1-7H3. The van der Waals surface area contributed by atoms with Crippen LogP contribution >= 0.6 is 0 Å². The van der Waals surface area contributed by atoms with Gasteiger partial charge >= 0.3 is 0 Å². The Hall–Kier alpha value is -0.0800. The Balaban J connectivity index is 0.000000280. The summed E-state index contributed by atoms with van der Waals surface area (Å²) in [5.74, 6) is 1.72. The van der Waals surface area contributed by atoms with E-state index in [-0.39, 0.29) is 0 Å². The van der Waals surface area contributed by atoms with E-state index in [1.54, 1.807) is 0 Å². The third-order valence-electron chi connectivity index (χ3n) is 6.74. The van der Waals surface area contributed by atoms with Crippen LogP contribution < -0.4 is 0 Å². The molecule has 0 aromatic heterocycles. The zero-order valence-corrected chi connectivity index (χ0v) is 22.0. The molecule has 2 aliphatic rings. The molecule has 2 fully saturated rings. The number of hydrogen-bond acceptors (Lipinski definition) is 2. The van der Waals surface area contributed by atoms with Crippen molar-refractivity contribution in [2.75, 3.05) is 13.1 Å². The van der Waals surface area contributed by atoms with Crippen molar-refractivity contribution in [2.45, 2.75) is 133 Å². The van der Waals surface area contributed by atoms with Crippen molar-refractivity contribution in [1.29, 1.82) is 0 Å². The van der Waals surface area contributed by atoms with Crippen molar-refractivity contribution in [2.24, 2.45) is 22.7 Å². The van der Waals surface area contributed by atoms with Gasteiger partial charge in [0.2, 0.25) is 0 Å². The van der Waals surface area contributed by atoms with E-state index >= 15 is 0 Å². The van der Waals surface area contributed by atoms with Gasteiger partial charge in [-0.15, -0.1) is 0 Å². The van der Waals surface area contributed by atoms with Crippen molar-refractivity contribution in [3.05, 3.63) is 0 Å². The molecule has 28 heavy (non-hydrogen) atoms. The number of rotatable bonds is 0. The molecular weight excluding hydrogens is 340 g/mol. The van der Waals surface area contributed by atoms with Gasteiger partial charge in [-0.3, -0.25) is 9.80 Å². The fourth-order valence-electron chi connectivity index (χ4n) is 5.22. The van der Waals surface area contributed by atoms with E-state index in [0.29, 0.717) is 21.9 Å². The maximum absolute atomic E-state index is 2.69. The summed E-state index contributed by atoms with van der Waals surface area (Å²) in [5, 5.41) is 0. The number of likely N-dealkylation sites (tertiary alicyclic amines) is 2. The van der Waals surface area contributed by atoms with Crippen LogP contribution in [0.3, 0.4) is 0 Å². The first-order chi connectivity index (χ1) is 12.2. The van der Waals surface area contributed by atoms with Crippen LogP contribution in [0.25, 0.3) is 0 Å². The third-order valence-corrected chi connectivity index (χ3v) is 6.74. The van der Waals surface area contributed by atoms with Crippen molar-refractivity contribution in [3.8, 4) is 0 Å². The molecular formula is C26H54N2. The molecule has 0 aliphatic carbocycles. The predicted molar refractivity (Wildman–Crippen MR) is 127 cm³/mol. The van der Waals surface area contributed by atoms with Crippen LogP contribution in [0.1, 0.15) is 110 Å². The number of nitrogens with zero attached hydrogens (tertiary/aromatic N) is 2. The zero-order valence-electron chi connectivity index (χ0n) is 22.0. The molecule has 2 nitrogen and oxygen atoms in total. The van der Waals surface area contributed by atoms with Gasteiger partial charge < -0.3 is 0 Å². The molecule has 4 atom stereocenters. The van der Waals surface area contributed by atoms with E-state index < -0.39 is 0 Å². The average molecular weight is 395 g/mol. The van der Waals surface area contributed by atoms with Gasteiger partial charge in [0.05, 0.1) is 0 Å². The van der Waals surface area contributed by atoms with Crippen molar-refractivity contribution in [1.82, 2.24) is 9.80 Å². The molecule has 2 aliphatic heterocycles.